The summed E-state index contributed by atoms with van der Waals surface area (Å²) in [7, 11) is 0. The topological polar surface area (TPSA) is 9.23 Å². The molecular formula is C27H32O. The van der Waals surface area contributed by atoms with Crippen LogP contribution in [0.2, 0.25) is 0 Å². The zero-order chi connectivity index (χ0) is 20.1. The molecule has 0 aliphatic carbocycles. The fourth-order valence-corrected chi connectivity index (χ4v) is 3.99. The van der Waals surface area contributed by atoms with Gasteiger partial charge in [0.1, 0.15) is 5.75 Å². The van der Waals surface area contributed by atoms with Crippen molar-refractivity contribution in [2.45, 2.75) is 53.4 Å². The summed E-state index contributed by atoms with van der Waals surface area (Å²) in [5, 5.41) is 0. The molecule has 0 amide bonds. The van der Waals surface area contributed by atoms with Crippen LogP contribution in [-0.4, -0.2) is 6.61 Å². The van der Waals surface area contributed by atoms with Crippen molar-refractivity contribution in [3.63, 3.8) is 0 Å². The van der Waals surface area contributed by atoms with Gasteiger partial charge in [-0.3, -0.25) is 0 Å². The third-order valence-electron chi connectivity index (χ3n) is 5.43. The molecule has 0 aromatic heterocycles. The summed E-state index contributed by atoms with van der Waals surface area (Å²) in [5.41, 5.74) is 9.67. The molecule has 3 aromatic rings. The van der Waals surface area contributed by atoms with Crippen LogP contribution in [0.3, 0.4) is 0 Å². The van der Waals surface area contributed by atoms with Crippen molar-refractivity contribution in [3.8, 4) is 5.75 Å². The Balaban J connectivity index is 1.92. The molecule has 28 heavy (non-hydrogen) atoms. The zero-order valence-electron chi connectivity index (χ0n) is 17.9. The van der Waals surface area contributed by atoms with Crippen molar-refractivity contribution in [3.05, 3.63) is 99.6 Å². The van der Waals surface area contributed by atoms with Crippen LogP contribution in [0.15, 0.2) is 60.7 Å². The van der Waals surface area contributed by atoms with E-state index in [4.69, 9.17) is 4.74 Å². The second kappa shape index (κ2) is 9.10. The number of aryl methyl sites for hydroxylation is 2. The van der Waals surface area contributed by atoms with Gasteiger partial charge in [-0.15, -0.1) is 0 Å². The molecular weight excluding hydrogens is 340 g/mol. The Kier molecular flexibility index (Phi) is 6.57. The van der Waals surface area contributed by atoms with Crippen molar-refractivity contribution < 1.29 is 4.74 Å². The molecule has 0 fully saturated rings. The first-order chi connectivity index (χ1) is 13.5. The molecule has 1 nitrogen and oxygen atoms in total. The van der Waals surface area contributed by atoms with Gasteiger partial charge < -0.3 is 4.74 Å². The monoisotopic (exact) mass is 372 g/mol. The van der Waals surface area contributed by atoms with E-state index < -0.39 is 0 Å². The Hall–Kier alpha value is -2.54. The van der Waals surface area contributed by atoms with E-state index in [2.05, 4.69) is 88.4 Å². The maximum atomic E-state index is 5.70. The van der Waals surface area contributed by atoms with Crippen molar-refractivity contribution in [2.24, 2.45) is 0 Å². The third-order valence-corrected chi connectivity index (χ3v) is 5.43. The van der Waals surface area contributed by atoms with Gasteiger partial charge in [-0.25, -0.2) is 0 Å². The van der Waals surface area contributed by atoms with Crippen LogP contribution in [-0.2, 0) is 12.8 Å². The highest BCUT2D eigenvalue weighted by atomic mass is 16.5. The zero-order valence-corrected chi connectivity index (χ0v) is 17.9. The summed E-state index contributed by atoms with van der Waals surface area (Å²) in [6.45, 7) is 11.7. The van der Waals surface area contributed by atoms with Gasteiger partial charge in [-0.2, -0.15) is 0 Å². The predicted octanol–water partition coefficient (Wildman–Crippen LogP) is 7.01. The first-order valence-corrected chi connectivity index (χ1v) is 10.4. The first-order valence-electron chi connectivity index (χ1n) is 10.4. The maximum Gasteiger partial charge on any atom is 0.119 e. The molecule has 0 radical (unpaired) electrons. The maximum absolute atomic E-state index is 5.70. The number of rotatable bonds is 7. The lowest BCUT2D eigenvalue weighted by Crippen LogP contribution is -2.02. The van der Waals surface area contributed by atoms with Gasteiger partial charge in [0.15, 0.2) is 0 Å². The minimum atomic E-state index is 0.529. The molecule has 0 N–H and O–H groups in total. The van der Waals surface area contributed by atoms with Gasteiger partial charge in [0, 0.05) is 0 Å². The molecule has 0 saturated carbocycles. The van der Waals surface area contributed by atoms with Gasteiger partial charge in [0.25, 0.3) is 0 Å². The lowest BCUT2D eigenvalue weighted by molar-refractivity contribution is 0.339. The van der Waals surface area contributed by atoms with E-state index in [0.717, 1.165) is 18.6 Å². The van der Waals surface area contributed by atoms with Crippen LogP contribution in [0.25, 0.3) is 0 Å². The second-order valence-electron chi connectivity index (χ2n) is 8.00. The van der Waals surface area contributed by atoms with E-state index in [1.54, 1.807) is 0 Å². The number of ether oxygens (including phenoxy) is 1. The van der Waals surface area contributed by atoms with Crippen molar-refractivity contribution in [2.75, 3.05) is 6.61 Å². The Labute approximate surface area is 170 Å². The van der Waals surface area contributed by atoms with Gasteiger partial charge in [0.2, 0.25) is 0 Å². The summed E-state index contributed by atoms with van der Waals surface area (Å²) >= 11 is 0. The van der Waals surface area contributed by atoms with Crippen LogP contribution in [0.1, 0.15) is 65.6 Å². The average Bonchev–Trinajstić information content (AvgIpc) is 2.66. The first kappa shape index (κ1) is 20.2. The molecule has 0 aliphatic heterocycles. The molecule has 0 bridgehead atoms. The highest BCUT2D eigenvalue weighted by molar-refractivity contribution is 5.45. The van der Waals surface area contributed by atoms with E-state index in [1.165, 1.54) is 38.9 Å². The third kappa shape index (κ3) is 4.84. The molecule has 0 saturated heterocycles. The van der Waals surface area contributed by atoms with Gasteiger partial charge in [-0.05, 0) is 90.6 Å². The van der Waals surface area contributed by atoms with Gasteiger partial charge >= 0.3 is 0 Å². The largest absolute Gasteiger partial charge is 0.494 e. The van der Waals surface area contributed by atoms with E-state index in [9.17, 15) is 0 Å². The van der Waals surface area contributed by atoms with Crippen LogP contribution in [0, 0.1) is 13.8 Å². The molecule has 1 heteroatoms. The molecule has 0 unspecified atom stereocenters. The highest BCUT2D eigenvalue weighted by Gasteiger charge is 2.11. The summed E-state index contributed by atoms with van der Waals surface area (Å²) < 4.78 is 5.70. The summed E-state index contributed by atoms with van der Waals surface area (Å²) in [6.07, 6.45) is 1.95. The van der Waals surface area contributed by atoms with Crippen LogP contribution in [0.4, 0.5) is 0 Å². The minimum absolute atomic E-state index is 0.529. The lowest BCUT2D eigenvalue weighted by Gasteiger charge is -2.17. The van der Waals surface area contributed by atoms with E-state index in [-0.39, 0.29) is 0 Å². The normalized spacial score (nSPS) is 11.1. The molecule has 146 valence electrons. The Bertz CT molecular complexity index is 899. The van der Waals surface area contributed by atoms with E-state index >= 15 is 0 Å². The number of benzene rings is 3. The van der Waals surface area contributed by atoms with Crippen LogP contribution >= 0.6 is 0 Å². The molecule has 0 heterocycles. The Morgan fingerprint density at radius 3 is 2.07 bits per heavy atom. The van der Waals surface area contributed by atoms with Gasteiger partial charge in [0.05, 0.1) is 6.61 Å². The predicted molar refractivity (Wildman–Crippen MR) is 120 cm³/mol. The van der Waals surface area contributed by atoms with Crippen molar-refractivity contribution >= 4 is 0 Å². The molecule has 3 aromatic carbocycles. The Morgan fingerprint density at radius 1 is 0.786 bits per heavy atom. The number of hydrogen-bond acceptors (Lipinski definition) is 1. The minimum Gasteiger partial charge on any atom is -0.494 e. The summed E-state index contributed by atoms with van der Waals surface area (Å²) in [5.74, 6) is 1.50. The Morgan fingerprint density at radius 2 is 1.46 bits per heavy atom. The van der Waals surface area contributed by atoms with E-state index in [1.807, 2.05) is 6.92 Å². The molecule has 3 rings (SSSR count). The number of hydrogen-bond donors (Lipinski definition) is 0. The SMILES string of the molecule is CCOc1cc(C)c(Cc2ccc(C(C)C)c(Cc3ccccc3)c2)c(C)c1. The molecule has 0 spiro atoms. The lowest BCUT2D eigenvalue weighted by atomic mass is 9.89. The van der Waals surface area contributed by atoms with Crippen molar-refractivity contribution in [1.82, 2.24) is 0 Å². The fourth-order valence-electron chi connectivity index (χ4n) is 3.99. The van der Waals surface area contributed by atoms with Crippen molar-refractivity contribution in [1.29, 1.82) is 0 Å². The smallest absolute Gasteiger partial charge is 0.119 e. The summed E-state index contributed by atoms with van der Waals surface area (Å²) in [4.78, 5) is 0. The standard InChI is InChI=1S/C27H32O/c1-6-28-25-14-20(4)27(21(5)15-25)18-23-12-13-26(19(2)3)24(17-23)16-22-10-8-7-9-11-22/h7-15,17,19H,6,16,18H2,1-5H3. The van der Waals surface area contributed by atoms with E-state index in [0.29, 0.717) is 12.5 Å². The highest BCUT2D eigenvalue weighted by Crippen LogP contribution is 2.28. The quantitative estimate of drug-likeness (QED) is 0.433. The summed E-state index contributed by atoms with van der Waals surface area (Å²) in [6, 6.07) is 22.2. The van der Waals surface area contributed by atoms with Crippen LogP contribution < -0.4 is 4.74 Å². The fraction of sp³-hybridized carbons (Fsp3) is 0.333. The second-order valence-corrected chi connectivity index (χ2v) is 8.00. The van der Waals surface area contributed by atoms with Crippen LogP contribution in [0.5, 0.6) is 5.75 Å². The molecule has 0 atom stereocenters. The molecule has 0 aliphatic rings. The van der Waals surface area contributed by atoms with Gasteiger partial charge in [-0.1, -0.05) is 62.4 Å². The average molecular weight is 373 g/mol.